The molecule has 1 aliphatic carbocycles. The van der Waals surface area contributed by atoms with E-state index in [4.69, 9.17) is 5.73 Å². The molecular weight excluding hydrogens is 243 g/mol. The Bertz CT molecular complexity index is 421. The number of hydrogen-bond donors (Lipinski definition) is 2. The van der Waals surface area contributed by atoms with Gasteiger partial charge in [-0.1, -0.05) is 24.6 Å². The molecule has 5 heteroatoms. The average molecular weight is 259 g/mol. The fourth-order valence-corrected chi connectivity index (χ4v) is 2.54. The minimum atomic E-state index is -4.45. The fourth-order valence-electron chi connectivity index (χ4n) is 2.54. The SMILES string of the molecule is NCC1(C(O)c2ccccc2C(F)(F)F)CCC1. The summed E-state index contributed by atoms with van der Waals surface area (Å²) in [5.74, 6) is 0. The number of benzene rings is 1. The number of halogens is 3. The molecule has 100 valence electrons. The summed E-state index contributed by atoms with van der Waals surface area (Å²) in [6.45, 7) is 0.209. The lowest BCUT2D eigenvalue weighted by Gasteiger charge is -2.45. The zero-order chi connectivity index (χ0) is 13.4. The maximum absolute atomic E-state index is 12.9. The lowest BCUT2D eigenvalue weighted by molar-refractivity contribution is -0.141. The van der Waals surface area contributed by atoms with E-state index in [-0.39, 0.29) is 12.1 Å². The summed E-state index contributed by atoms with van der Waals surface area (Å²) in [6, 6.07) is 5.18. The number of nitrogens with two attached hydrogens (primary N) is 1. The van der Waals surface area contributed by atoms with Gasteiger partial charge in [0.15, 0.2) is 0 Å². The molecule has 18 heavy (non-hydrogen) atoms. The minimum absolute atomic E-state index is 0.0600. The van der Waals surface area contributed by atoms with Gasteiger partial charge in [-0.05, 0) is 24.5 Å². The van der Waals surface area contributed by atoms with Crippen LogP contribution in [0.15, 0.2) is 24.3 Å². The largest absolute Gasteiger partial charge is 0.416 e. The molecule has 0 radical (unpaired) electrons. The Morgan fingerprint density at radius 3 is 2.33 bits per heavy atom. The van der Waals surface area contributed by atoms with Crippen LogP contribution >= 0.6 is 0 Å². The normalized spacial score (nSPS) is 20.3. The smallest absolute Gasteiger partial charge is 0.388 e. The van der Waals surface area contributed by atoms with E-state index in [9.17, 15) is 18.3 Å². The molecule has 0 aromatic heterocycles. The molecular formula is C13H16F3NO. The van der Waals surface area contributed by atoms with Gasteiger partial charge in [0.05, 0.1) is 11.7 Å². The summed E-state index contributed by atoms with van der Waals surface area (Å²) < 4.78 is 38.6. The molecule has 2 nitrogen and oxygen atoms in total. The summed E-state index contributed by atoms with van der Waals surface area (Å²) >= 11 is 0. The van der Waals surface area contributed by atoms with Crippen molar-refractivity contribution in [2.45, 2.75) is 31.5 Å². The van der Waals surface area contributed by atoms with Gasteiger partial charge in [-0.25, -0.2) is 0 Å². The second-order valence-electron chi connectivity index (χ2n) is 4.91. The highest BCUT2D eigenvalue weighted by molar-refractivity contribution is 5.33. The first-order valence-electron chi connectivity index (χ1n) is 5.95. The van der Waals surface area contributed by atoms with Crippen LogP contribution in [0.3, 0.4) is 0 Å². The van der Waals surface area contributed by atoms with E-state index >= 15 is 0 Å². The highest BCUT2D eigenvalue weighted by atomic mass is 19.4. The summed E-state index contributed by atoms with van der Waals surface area (Å²) in [5.41, 5.74) is 4.22. The molecule has 0 heterocycles. The summed E-state index contributed by atoms with van der Waals surface area (Å²) in [4.78, 5) is 0. The molecule has 0 bridgehead atoms. The van der Waals surface area contributed by atoms with E-state index in [0.29, 0.717) is 12.8 Å². The Labute approximate surface area is 104 Å². The zero-order valence-corrected chi connectivity index (χ0v) is 9.87. The van der Waals surface area contributed by atoms with Crippen molar-refractivity contribution >= 4 is 0 Å². The maximum atomic E-state index is 12.9. The summed E-state index contributed by atoms with van der Waals surface area (Å²) in [6.07, 6.45) is -3.33. The number of aliphatic hydroxyl groups is 1. The van der Waals surface area contributed by atoms with Gasteiger partial charge < -0.3 is 10.8 Å². The standard InChI is InChI=1S/C13H16F3NO/c14-13(15,16)10-5-2-1-4-9(10)11(18)12(8-17)6-3-7-12/h1-2,4-5,11,18H,3,6-8,17H2. The molecule has 1 aromatic rings. The predicted molar refractivity (Wildman–Crippen MR) is 61.7 cm³/mol. The van der Waals surface area contributed by atoms with Crippen molar-refractivity contribution in [1.29, 1.82) is 0 Å². The van der Waals surface area contributed by atoms with Gasteiger partial charge in [-0.2, -0.15) is 13.2 Å². The molecule has 0 spiro atoms. The topological polar surface area (TPSA) is 46.2 Å². The van der Waals surface area contributed by atoms with E-state index < -0.39 is 23.3 Å². The number of hydrogen-bond acceptors (Lipinski definition) is 2. The molecule has 1 fully saturated rings. The van der Waals surface area contributed by atoms with Gasteiger partial charge in [0.2, 0.25) is 0 Å². The quantitative estimate of drug-likeness (QED) is 0.876. The number of aliphatic hydroxyl groups excluding tert-OH is 1. The third kappa shape index (κ3) is 2.12. The number of alkyl halides is 3. The first kappa shape index (κ1) is 13.4. The Balaban J connectivity index is 2.39. The molecule has 1 unspecified atom stereocenters. The van der Waals surface area contributed by atoms with E-state index in [1.165, 1.54) is 18.2 Å². The van der Waals surface area contributed by atoms with Crippen molar-refractivity contribution in [3.05, 3.63) is 35.4 Å². The van der Waals surface area contributed by atoms with Crippen molar-refractivity contribution < 1.29 is 18.3 Å². The van der Waals surface area contributed by atoms with Crippen LogP contribution in [0.1, 0.15) is 36.5 Å². The van der Waals surface area contributed by atoms with Crippen LogP contribution < -0.4 is 5.73 Å². The van der Waals surface area contributed by atoms with Crippen molar-refractivity contribution in [3.8, 4) is 0 Å². The molecule has 0 aliphatic heterocycles. The van der Waals surface area contributed by atoms with Gasteiger partial charge in [-0.15, -0.1) is 0 Å². The third-order valence-electron chi connectivity index (χ3n) is 3.90. The Morgan fingerprint density at radius 1 is 1.28 bits per heavy atom. The van der Waals surface area contributed by atoms with Crippen LogP contribution in [0.5, 0.6) is 0 Å². The van der Waals surface area contributed by atoms with E-state index in [1.54, 1.807) is 0 Å². The fraction of sp³-hybridized carbons (Fsp3) is 0.538. The molecule has 1 aliphatic rings. The van der Waals surface area contributed by atoms with Crippen LogP contribution in [-0.2, 0) is 6.18 Å². The second kappa shape index (κ2) is 4.55. The molecule has 0 amide bonds. The minimum Gasteiger partial charge on any atom is -0.388 e. The van der Waals surface area contributed by atoms with Gasteiger partial charge in [0.1, 0.15) is 0 Å². The first-order chi connectivity index (χ1) is 8.41. The number of rotatable bonds is 3. The maximum Gasteiger partial charge on any atom is 0.416 e. The van der Waals surface area contributed by atoms with Gasteiger partial charge in [0, 0.05) is 12.0 Å². The lowest BCUT2D eigenvalue weighted by Crippen LogP contribution is -2.43. The van der Waals surface area contributed by atoms with Crippen LogP contribution in [0.2, 0.25) is 0 Å². The lowest BCUT2D eigenvalue weighted by atomic mass is 9.63. The highest BCUT2D eigenvalue weighted by Gasteiger charge is 2.46. The highest BCUT2D eigenvalue weighted by Crippen LogP contribution is 2.51. The monoisotopic (exact) mass is 259 g/mol. The van der Waals surface area contributed by atoms with Crippen LogP contribution in [0.4, 0.5) is 13.2 Å². The first-order valence-corrected chi connectivity index (χ1v) is 5.95. The van der Waals surface area contributed by atoms with Crippen molar-refractivity contribution in [3.63, 3.8) is 0 Å². The van der Waals surface area contributed by atoms with Gasteiger partial charge >= 0.3 is 6.18 Å². The predicted octanol–water partition coefficient (Wildman–Crippen LogP) is 2.87. The second-order valence-corrected chi connectivity index (χ2v) is 4.91. The van der Waals surface area contributed by atoms with E-state index in [1.807, 2.05) is 0 Å². The van der Waals surface area contributed by atoms with Crippen molar-refractivity contribution in [1.82, 2.24) is 0 Å². The molecule has 3 N–H and O–H groups in total. The van der Waals surface area contributed by atoms with Crippen LogP contribution in [-0.4, -0.2) is 11.7 Å². The van der Waals surface area contributed by atoms with Crippen LogP contribution in [0.25, 0.3) is 0 Å². The summed E-state index contributed by atoms with van der Waals surface area (Å²) in [7, 11) is 0. The van der Waals surface area contributed by atoms with E-state index in [0.717, 1.165) is 12.5 Å². The van der Waals surface area contributed by atoms with Crippen molar-refractivity contribution in [2.24, 2.45) is 11.1 Å². The molecule has 1 aromatic carbocycles. The zero-order valence-electron chi connectivity index (χ0n) is 9.87. The van der Waals surface area contributed by atoms with E-state index in [2.05, 4.69) is 0 Å². The molecule has 1 atom stereocenters. The summed E-state index contributed by atoms with van der Waals surface area (Å²) in [5, 5.41) is 10.3. The molecule has 1 saturated carbocycles. The third-order valence-corrected chi connectivity index (χ3v) is 3.90. The molecule has 0 saturated heterocycles. The Morgan fingerprint density at radius 2 is 1.89 bits per heavy atom. The average Bonchev–Trinajstić information content (AvgIpc) is 2.27. The Hall–Kier alpha value is -1.07. The van der Waals surface area contributed by atoms with Gasteiger partial charge in [-0.3, -0.25) is 0 Å². The van der Waals surface area contributed by atoms with Gasteiger partial charge in [0.25, 0.3) is 0 Å². The van der Waals surface area contributed by atoms with Crippen molar-refractivity contribution in [2.75, 3.05) is 6.54 Å². The van der Waals surface area contributed by atoms with Crippen LogP contribution in [0, 0.1) is 5.41 Å². The molecule has 2 rings (SSSR count). The Kier molecular flexibility index (Phi) is 3.38.